The minimum absolute atomic E-state index is 0.0325. The average Bonchev–Trinajstić information content (AvgIpc) is 2.94. The molecule has 0 heterocycles. The van der Waals surface area contributed by atoms with Gasteiger partial charge in [0, 0.05) is 12.6 Å². The molecule has 204 valence electrons. The van der Waals surface area contributed by atoms with Gasteiger partial charge in [-0.3, -0.25) is 9.10 Å². The van der Waals surface area contributed by atoms with Gasteiger partial charge < -0.3 is 24.3 Å². The lowest BCUT2D eigenvalue weighted by Crippen LogP contribution is -2.41. The Labute approximate surface area is 224 Å². The van der Waals surface area contributed by atoms with Crippen LogP contribution in [0.5, 0.6) is 23.0 Å². The van der Waals surface area contributed by atoms with Gasteiger partial charge in [0.25, 0.3) is 10.0 Å². The number of amides is 1. The van der Waals surface area contributed by atoms with Crippen LogP contribution in [-0.2, 0) is 21.2 Å². The summed E-state index contributed by atoms with van der Waals surface area (Å²) in [5.74, 6) is 1.61. The SMILES string of the molecule is CCOc1ccc(N(CC(=O)NCCCc2cccc(OC)c2)S(=O)(=O)c2ccc(OC)c(OC)c2)cc1. The van der Waals surface area contributed by atoms with E-state index in [1.807, 2.05) is 31.2 Å². The quantitative estimate of drug-likeness (QED) is 0.307. The molecule has 38 heavy (non-hydrogen) atoms. The summed E-state index contributed by atoms with van der Waals surface area (Å²) in [6, 6.07) is 18.6. The van der Waals surface area contributed by atoms with Gasteiger partial charge in [-0.05, 0) is 73.9 Å². The second-order valence-corrected chi connectivity index (χ2v) is 10.1. The molecule has 0 spiro atoms. The molecule has 0 saturated carbocycles. The van der Waals surface area contributed by atoms with Gasteiger partial charge in [-0.2, -0.15) is 0 Å². The molecule has 0 fully saturated rings. The fourth-order valence-electron chi connectivity index (χ4n) is 3.83. The second-order valence-electron chi connectivity index (χ2n) is 8.26. The van der Waals surface area contributed by atoms with Crippen LogP contribution in [0.2, 0.25) is 0 Å². The van der Waals surface area contributed by atoms with E-state index in [4.69, 9.17) is 18.9 Å². The van der Waals surface area contributed by atoms with Gasteiger partial charge in [-0.1, -0.05) is 12.1 Å². The Morgan fingerprint density at radius 2 is 1.61 bits per heavy atom. The van der Waals surface area contributed by atoms with Crippen LogP contribution in [0.3, 0.4) is 0 Å². The first kappa shape index (κ1) is 28.6. The third-order valence-corrected chi connectivity index (χ3v) is 7.53. The molecule has 0 saturated heterocycles. The number of carbonyl (C=O) groups excluding carboxylic acids is 1. The largest absolute Gasteiger partial charge is 0.497 e. The van der Waals surface area contributed by atoms with Crippen molar-refractivity contribution in [3.8, 4) is 23.0 Å². The van der Waals surface area contributed by atoms with Crippen molar-refractivity contribution in [1.82, 2.24) is 5.32 Å². The third-order valence-electron chi connectivity index (χ3n) is 5.76. The number of rotatable bonds is 14. The topological polar surface area (TPSA) is 103 Å². The number of anilines is 1. The molecule has 1 N–H and O–H groups in total. The molecule has 3 aromatic carbocycles. The van der Waals surface area contributed by atoms with Gasteiger partial charge in [-0.25, -0.2) is 8.42 Å². The monoisotopic (exact) mass is 542 g/mol. The van der Waals surface area contributed by atoms with Crippen LogP contribution in [0, 0.1) is 0 Å². The van der Waals surface area contributed by atoms with E-state index in [0.29, 0.717) is 36.8 Å². The average molecular weight is 543 g/mol. The summed E-state index contributed by atoms with van der Waals surface area (Å²) in [5.41, 5.74) is 1.42. The van der Waals surface area contributed by atoms with Crippen LogP contribution in [0.4, 0.5) is 5.69 Å². The molecule has 3 aromatic rings. The Hall–Kier alpha value is -3.92. The number of hydrogen-bond acceptors (Lipinski definition) is 7. The number of ether oxygens (including phenoxy) is 4. The fraction of sp³-hybridized carbons (Fsp3) is 0.321. The number of hydrogen-bond donors (Lipinski definition) is 1. The van der Waals surface area contributed by atoms with Gasteiger partial charge in [0.15, 0.2) is 11.5 Å². The summed E-state index contributed by atoms with van der Waals surface area (Å²) >= 11 is 0. The van der Waals surface area contributed by atoms with Gasteiger partial charge in [0.05, 0.1) is 38.5 Å². The van der Waals surface area contributed by atoms with Crippen LogP contribution in [-0.4, -0.2) is 55.4 Å². The molecular formula is C28H34N2O7S. The van der Waals surface area contributed by atoms with Crippen molar-refractivity contribution in [2.75, 3.05) is 45.3 Å². The number of aryl methyl sites for hydroxylation is 1. The Bertz CT molecular complexity index is 1310. The van der Waals surface area contributed by atoms with E-state index >= 15 is 0 Å². The molecule has 0 aliphatic rings. The van der Waals surface area contributed by atoms with E-state index in [-0.39, 0.29) is 10.6 Å². The summed E-state index contributed by atoms with van der Waals surface area (Å²) in [4.78, 5) is 12.9. The van der Waals surface area contributed by atoms with Crippen molar-refractivity contribution in [2.45, 2.75) is 24.7 Å². The highest BCUT2D eigenvalue weighted by atomic mass is 32.2. The summed E-state index contributed by atoms with van der Waals surface area (Å²) in [5, 5.41) is 2.83. The predicted octanol–water partition coefficient (Wildman–Crippen LogP) is 4.06. The number of sulfonamides is 1. The van der Waals surface area contributed by atoms with Gasteiger partial charge >= 0.3 is 0 Å². The lowest BCUT2D eigenvalue weighted by Gasteiger charge is -2.24. The first-order valence-corrected chi connectivity index (χ1v) is 13.6. The van der Waals surface area contributed by atoms with Crippen molar-refractivity contribution < 1.29 is 32.2 Å². The zero-order valence-corrected chi connectivity index (χ0v) is 22.9. The number of carbonyl (C=O) groups is 1. The molecule has 1 amide bonds. The van der Waals surface area contributed by atoms with Crippen LogP contribution < -0.4 is 28.6 Å². The van der Waals surface area contributed by atoms with Crippen molar-refractivity contribution in [2.24, 2.45) is 0 Å². The molecule has 3 rings (SSSR count). The van der Waals surface area contributed by atoms with E-state index in [1.165, 1.54) is 32.4 Å². The third kappa shape index (κ3) is 7.32. The number of benzene rings is 3. The van der Waals surface area contributed by atoms with Crippen LogP contribution in [0.1, 0.15) is 18.9 Å². The van der Waals surface area contributed by atoms with Crippen LogP contribution in [0.25, 0.3) is 0 Å². The summed E-state index contributed by atoms with van der Waals surface area (Å²) in [6.07, 6.45) is 1.43. The lowest BCUT2D eigenvalue weighted by atomic mass is 10.1. The van der Waals surface area contributed by atoms with Crippen molar-refractivity contribution in [3.05, 3.63) is 72.3 Å². The molecule has 0 atom stereocenters. The fourth-order valence-corrected chi connectivity index (χ4v) is 5.27. The van der Waals surface area contributed by atoms with E-state index in [1.54, 1.807) is 31.4 Å². The summed E-state index contributed by atoms with van der Waals surface area (Å²) in [6.45, 7) is 2.33. The van der Waals surface area contributed by atoms with Gasteiger partial charge in [-0.15, -0.1) is 0 Å². The summed E-state index contributed by atoms with van der Waals surface area (Å²) < 4.78 is 49.8. The maximum Gasteiger partial charge on any atom is 0.264 e. The second kappa shape index (κ2) is 13.6. The molecule has 0 aliphatic heterocycles. The Morgan fingerprint density at radius 3 is 2.26 bits per heavy atom. The van der Waals surface area contributed by atoms with E-state index < -0.39 is 22.5 Å². The molecule has 0 unspecified atom stereocenters. The van der Waals surface area contributed by atoms with Crippen molar-refractivity contribution in [1.29, 1.82) is 0 Å². The van der Waals surface area contributed by atoms with E-state index in [2.05, 4.69) is 5.32 Å². The molecule has 9 nitrogen and oxygen atoms in total. The van der Waals surface area contributed by atoms with Crippen LogP contribution >= 0.6 is 0 Å². The predicted molar refractivity (Wildman–Crippen MR) is 146 cm³/mol. The first-order valence-electron chi connectivity index (χ1n) is 12.2. The highest BCUT2D eigenvalue weighted by molar-refractivity contribution is 7.92. The van der Waals surface area contributed by atoms with E-state index in [9.17, 15) is 13.2 Å². The smallest absolute Gasteiger partial charge is 0.264 e. The zero-order valence-electron chi connectivity index (χ0n) is 22.1. The minimum atomic E-state index is -4.13. The molecule has 0 aliphatic carbocycles. The summed E-state index contributed by atoms with van der Waals surface area (Å²) in [7, 11) is 0.383. The zero-order chi connectivity index (χ0) is 27.5. The highest BCUT2D eigenvalue weighted by Crippen LogP contribution is 2.32. The lowest BCUT2D eigenvalue weighted by molar-refractivity contribution is -0.119. The Kier molecular flexibility index (Phi) is 10.2. The first-order chi connectivity index (χ1) is 18.3. The van der Waals surface area contributed by atoms with Crippen LogP contribution in [0.15, 0.2) is 71.6 Å². The number of nitrogens with zero attached hydrogens (tertiary/aromatic N) is 1. The van der Waals surface area contributed by atoms with Crippen molar-refractivity contribution >= 4 is 21.6 Å². The van der Waals surface area contributed by atoms with E-state index in [0.717, 1.165) is 22.0 Å². The number of methoxy groups -OCH3 is 3. The van der Waals surface area contributed by atoms with Crippen molar-refractivity contribution in [3.63, 3.8) is 0 Å². The molecular weight excluding hydrogens is 508 g/mol. The molecule has 0 aromatic heterocycles. The molecule has 0 bridgehead atoms. The number of nitrogens with one attached hydrogen (secondary N) is 1. The Balaban J connectivity index is 1.78. The normalized spacial score (nSPS) is 10.9. The van der Waals surface area contributed by atoms with Gasteiger partial charge in [0.1, 0.15) is 18.0 Å². The molecule has 0 radical (unpaired) electrons. The molecule has 10 heteroatoms. The maximum atomic E-state index is 13.7. The standard InChI is InChI=1S/C28H34N2O7S/c1-5-37-23-13-11-22(12-14-23)30(38(32,33)25-15-16-26(35-3)27(19-25)36-4)20-28(31)29-17-7-9-21-8-6-10-24(18-21)34-2/h6,8,10-16,18-19H,5,7,9,17,20H2,1-4H3,(H,29,31). The minimum Gasteiger partial charge on any atom is -0.497 e. The Morgan fingerprint density at radius 1 is 0.868 bits per heavy atom. The van der Waals surface area contributed by atoms with Gasteiger partial charge in [0.2, 0.25) is 5.91 Å². The highest BCUT2D eigenvalue weighted by Gasteiger charge is 2.28. The maximum absolute atomic E-state index is 13.7.